The molecule has 0 amide bonds. The Kier molecular flexibility index (Phi) is 6.88. The highest BCUT2D eigenvalue weighted by Crippen LogP contribution is 2.32. The van der Waals surface area contributed by atoms with Gasteiger partial charge >= 0.3 is 0 Å². The van der Waals surface area contributed by atoms with Crippen LogP contribution in [-0.2, 0) is 16.6 Å². The number of benzene rings is 1. The van der Waals surface area contributed by atoms with E-state index in [-0.39, 0.29) is 16.2 Å². The molecule has 0 unspecified atom stereocenters. The Balaban J connectivity index is 1.58. The van der Waals surface area contributed by atoms with Crippen molar-refractivity contribution in [2.45, 2.75) is 32.2 Å². The van der Waals surface area contributed by atoms with Gasteiger partial charge in [-0.15, -0.1) is 11.3 Å². The topological polar surface area (TPSA) is 126 Å². The fourth-order valence-electron chi connectivity index (χ4n) is 4.36. The first-order valence-corrected chi connectivity index (χ1v) is 14.3. The van der Waals surface area contributed by atoms with Crippen LogP contribution in [0.2, 0.25) is 0 Å². The second-order valence-electron chi connectivity index (χ2n) is 9.01. The van der Waals surface area contributed by atoms with E-state index >= 15 is 0 Å². The number of aromatic amines is 1. The summed E-state index contributed by atoms with van der Waals surface area (Å²) in [6.07, 6.45) is 0. The third-order valence-electron chi connectivity index (χ3n) is 6.43. The molecule has 1 aliphatic rings. The van der Waals surface area contributed by atoms with Gasteiger partial charge in [-0.05, 0) is 46.0 Å². The number of piperazine rings is 1. The van der Waals surface area contributed by atoms with Gasteiger partial charge in [0.1, 0.15) is 17.1 Å². The molecule has 11 nitrogen and oxygen atoms in total. The zero-order valence-electron chi connectivity index (χ0n) is 21.2. The van der Waals surface area contributed by atoms with Crippen molar-refractivity contribution in [3.63, 3.8) is 0 Å². The van der Waals surface area contributed by atoms with E-state index in [1.165, 1.54) is 16.4 Å². The lowest BCUT2D eigenvalue weighted by atomic mass is 10.2. The van der Waals surface area contributed by atoms with Crippen LogP contribution in [0.4, 0.5) is 0 Å². The molecule has 196 valence electrons. The van der Waals surface area contributed by atoms with Gasteiger partial charge in [-0.1, -0.05) is 0 Å². The first kappa shape index (κ1) is 25.5. The zero-order chi connectivity index (χ0) is 26.3. The molecule has 0 aliphatic carbocycles. The standard InChI is InChI=1S/C24H29N7O4S2/c1-5-35-20-7-6-18(37(33,34)30-10-8-29(4)9-11-30)12-19(20)23-26-21-15(2)31(28-22(21)24(32)27-23)13-17-14-36-16(3)25-17/h6-7,12,14H,5,8-11,13H2,1-4H3,(H,26,27,32). The van der Waals surface area contributed by atoms with Crippen molar-refractivity contribution in [2.75, 3.05) is 39.8 Å². The maximum atomic E-state index is 13.4. The number of hydrogen-bond donors (Lipinski definition) is 1. The molecule has 37 heavy (non-hydrogen) atoms. The summed E-state index contributed by atoms with van der Waals surface area (Å²) in [6, 6.07) is 4.69. The van der Waals surface area contributed by atoms with Crippen LogP contribution in [-0.4, -0.2) is 82.2 Å². The number of aryl methyl sites for hydroxylation is 2. The number of ether oxygens (including phenoxy) is 1. The van der Waals surface area contributed by atoms with Crippen LogP contribution in [0.3, 0.4) is 0 Å². The van der Waals surface area contributed by atoms with E-state index in [9.17, 15) is 13.2 Å². The van der Waals surface area contributed by atoms with Crippen molar-refractivity contribution >= 4 is 32.4 Å². The van der Waals surface area contributed by atoms with E-state index in [0.29, 0.717) is 61.9 Å². The maximum absolute atomic E-state index is 13.4. The molecular weight excluding hydrogens is 514 g/mol. The first-order valence-electron chi connectivity index (χ1n) is 12.0. The van der Waals surface area contributed by atoms with Crippen molar-refractivity contribution in [1.29, 1.82) is 0 Å². The average molecular weight is 544 g/mol. The third-order valence-corrected chi connectivity index (χ3v) is 9.15. The van der Waals surface area contributed by atoms with Crippen molar-refractivity contribution in [3.8, 4) is 17.1 Å². The summed E-state index contributed by atoms with van der Waals surface area (Å²) in [5.74, 6) is 0.661. The molecule has 0 spiro atoms. The number of H-pyrrole nitrogens is 1. The molecular formula is C24H29N7O4S2. The fourth-order valence-corrected chi connectivity index (χ4v) is 6.41. The van der Waals surface area contributed by atoms with Gasteiger partial charge < -0.3 is 14.6 Å². The van der Waals surface area contributed by atoms with E-state index in [1.807, 2.05) is 33.2 Å². The van der Waals surface area contributed by atoms with Gasteiger partial charge in [-0.3, -0.25) is 9.48 Å². The lowest BCUT2D eigenvalue weighted by Gasteiger charge is -2.31. The predicted octanol–water partition coefficient (Wildman–Crippen LogP) is 2.24. The normalized spacial score (nSPS) is 15.5. The second kappa shape index (κ2) is 9.97. The van der Waals surface area contributed by atoms with Crippen molar-refractivity contribution in [1.82, 2.24) is 33.9 Å². The summed E-state index contributed by atoms with van der Waals surface area (Å²) < 4.78 is 35.8. The van der Waals surface area contributed by atoms with Gasteiger partial charge in [-0.25, -0.2) is 18.4 Å². The Morgan fingerprint density at radius 2 is 1.86 bits per heavy atom. The van der Waals surface area contributed by atoms with E-state index in [4.69, 9.17) is 9.72 Å². The summed E-state index contributed by atoms with van der Waals surface area (Å²) in [4.78, 5) is 27.3. The minimum atomic E-state index is -3.73. The van der Waals surface area contributed by atoms with E-state index in [0.717, 1.165) is 10.7 Å². The summed E-state index contributed by atoms with van der Waals surface area (Å²) >= 11 is 1.55. The number of likely N-dealkylation sites (N-methyl/N-ethyl adjacent to an activating group) is 1. The summed E-state index contributed by atoms with van der Waals surface area (Å²) in [5, 5.41) is 7.39. The molecule has 1 aliphatic heterocycles. The van der Waals surface area contributed by atoms with Crippen LogP contribution >= 0.6 is 11.3 Å². The predicted molar refractivity (Wildman–Crippen MR) is 142 cm³/mol. The molecule has 4 heterocycles. The largest absolute Gasteiger partial charge is 0.493 e. The highest BCUT2D eigenvalue weighted by Gasteiger charge is 2.29. The van der Waals surface area contributed by atoms with Gasteiger partial charge in [0, 0.05) is 31.6 Å². The summed E-state index contributed by atoms with van der Waals surface area (Å²) in [7, 11) is -1.76. The molecule has 5 rings (SSSR count). The molecule has 4 aromatic rings. The molecule has 13 heteroatoms. The molecule has 1 saturated heterocycles. The number of nitrogens with one attached hydrogen (secondary N) is 1. The number of sulfonamides is 1. The number of aromatic nitrogens is 5. The molecule has 0 atom stereocenters. The van der Waals surface area contributed by atoms with E-state index in [1.54, 1.807) is 22.1 Å². The number of nitrogens with zero attached hydrogens (tertiary/aromatic N) is 6. The Hall–Kier alpha value is -3.13. The Morgan fingerprint density at radius 1 is 1.11 bits per heavy atom. The van der Waals surface area contributed by atoms with Crippen LogP contribution < -0.4 is 10.3 Å². The van der Waals surface area contributed by atoms with Gasteiger partial charge in [0.15, 0.2) is 5.52 Å². The van der Waals surface area contributed by atoms with Crippen LogP contribution in [0, 0.1) is 13.8 Å². The lowest BCUT2D eigenvalue weighted by Crippen LogP contribution is -2.47. The number of fused-ring (bicyclic) bond motifs is 1. The van der Waals surface area contributed by atoms with Crippen LogP contribution in [0.5, 0.6) is 5.75 Å². The van der Waals surface area contributed by atoms with Crippen molar-refractivity contribution < 1.29 is 13.2 Å². The van der Waals surface area contributed by atoms with Gasteiger partial charge in [0.05, 0.1) is 40.0 Å². The lowest BCUT2D eigenvalue weighted by molar-refractivity contribution is 0.222. The Labute approximate surface area is 218 Å². The number of thiazole rings is 1. The minimum Gasteiger partial charge on any atom is -0.493 e. The van der Waals surface area contributed by atoms with Crippen LogP contribution in [0.25, 0.3) is 22.4 Å². The molecule has 1 fully saturated rings. The minimum absolute atomic E-state index is 0.129. The van der Waals surface area contributed by atoms with Crippen molar-refractivity contribution in [2.24, 2.45) is 0 Å². The smallest absolute Gasteiger partial charge is 0.279 e. The highest BCUT2D eigenvalue weighted by molar-refractivity contribution is 7.89. The van der Waals surface area contributed by atoms with Gasteiger partial charge in [-0.2, -0.15) is 9.40 Å². The highest BCUT2D eigenvalue weighted by atomic mass is 32.2. The molecule has 0 radical (unpaired) electrons. The quantitative estimate of drug-likeness (QED) is 0.376. The first-order chi connectivity index (χ1) is 17.7. The second-order valence-corrected chi connectivity index (χ2v) is 12.0. The Bertz CT molecular complexity index is 1620. The molecule has 3 aromatic heterocycles. The zero-order valence-corrected chi connectivity index (χ0v) is 22.8. The summed E-state index contributed by atoms with van der Waals surface area (Å²) in [6.45, 7) is 8.58. The van der Waals surface area contributed by atoms with Gasteiger partial charge in [0.2, 0.25) is 10.0 Å². The van der Waals surface area contributed by atoms with Crippen LogP contribution in [0.1, 0.15) is 23.3 Å². The fraction of sp³-hybridized carbons (Fsp3) is 0.417. The summed E-state index contributed by atoms with van der Waals surface area (Å²) in [5.41, 5.74) is 2.22. The maximum Gasteiger partial charge on any atom is 0.279 e. The molecule has 1 aromatic carbocycles. The number of rotatable bonds is 7. The molecule has 0 saturated carbocycles. The number of hydrogen-bond acceptors (Lipinski definition) is 9. The SMILES string of the molecule is CCOc1ccc(S(=O)(=O)N2CCN(C)CC2)cc1-c1nc2c(C)n(Cc3csc(C)n3)nc2c(=O)[nH]1. The molecule has 1 N–H and O–H groups in total. The third kappa shape index (κ3) is 4.91. The van der Waals surface area contributed by atoms with Gasteiger partial charge in [0.25, 0.3) is 5.56 Å². The van der Waals surface area contributed by atoms with E-state index in [2.05, 4.69) is 20.0 Å². The van der Waals surface area contributed by atoms with Crippen LogP contribution in [0.15, 0.2) is 33.3 Å². The average Bonchev–Trinajstić information content (AvgIpc) is 3.42. The molecule has 0 bridgehead atoms. The van der Waals surface area contributed by atoms with E-state index < -0.39 is 15.6 Å². The van der Waals surface area contributed by atoms with Crippen molar-refractivity contribution in [3.05, 3.63) is 50.3 Å². The monoisotopic (exact) mass is 543 g/mol. The Morgan fingerprint density at radius 3 is 2.54 bits per heavy atom.